The molecule has 5 nitrogen and oxygen atoms in total. The molecule has 0 fully saturated rings. The van der Waals surface area contributed by atoms with Crippen LogP contribution in [0, 0.1) is 0 Å². The first-order valence-electron chi connectivity index (χ1n) is 6.92. The van der Waals surface area contributed by atoms with Crippen molar-refractivity contribution in [3.8, 4) is 0 Å². The van der Waals surface area contributed by atoms with Crippen LogP contribution in [0.1, 0.15) is 12.0 Å². The first kappa shape index (κ1) is 17.4. The van der Waals surface area contributed by atoms with E-state index in [1.54, 1.807) is 24.3 Å². The first-order valence-corrected chi connectivity index (χ1v) is 6.92. The normalized spacial score (nSPS) is 13.5. The molecule has 24 heavy (non-hydrogen) atoms. The third-order valence-corrected chi connectivity index (χ3v) is 3.33. The maximum absolute atomic E-state index is 13.1. The minimum Gasteiger partial charge on any atom is -0.325 e. The Kier molecular flexibility index (Phi) is 5.11. The van der Waals surface area contributed by atoms with Crippen molar-refractivity contribution in [2.75, 3.05) is 5.32 Å². The van der Waals surface area contributed by atoms with Crippen molar-refractivity contribution >= 4 is 11.6 Å². The van der Waals surface area contributed by atoms with Gasteiger partial charge in [-0.2, -0.15) is 13.2 Å². The summed E-state index contributed by atoms with van der Waals surface area (Å²) < 4.78 is 39.3. The molecule has 0 aliphatic rings. The standard InChI is InChI=1S/C16H13F3N4O/c17-16(18,19)11-15(22-23-20,12-7-3-1-4-8-12)14(24)21-13-9-5-2-6-10-13/h1-10H,11H2,(H,21,24)/t15-/m1/s1. The topological polar surface area (TPSA) is 77.9 Å². The Hall–Kier alpha value is -2.99. The molecule has 0 aliphatic heterocycles. The summed E-state index contributed by atoms with van der Waals surface area (Å²) in [5.41, 5.74) is 6.63. The number of alkyl halides is 3. The lowest BCUT2D eigenvalue weighted by atomic mass is 9.86. The zero-order valence-electron chi connectivity index (χ0n) is 12.4. The fraction of sp³-hybridized carbons (Fsp3) is 0.188. The van der Waals surface area contributed by atoms with Crippen LogP contribution < -0.4 is 5.32 Å². The van der Waals surface area contributed by atoms with E-state index in [2.05, 4.69) is 15.3 Å². The van der Waals surface area contributed by atoms with Gasteiger partial charge in [-0.15, -0.1) is 0 Å². The monoisotopic (exact) mass is 334 g/mol. The molecule has 2 rings (SSSR count). The molecule has 1 amide bonds. The third kappa shape index (κ3) is 4.05. The molecule has 0 heterocycles. The van der Waals surface area contributed by atoms with E-state index in [4.69, 9.17) is 5.53 Å². The molecule has 0 aliphatic carbocycles. The van der Waals surface area contributed by atoms with Crippen molar-refractivity contribution in [1.29, 1.82) is 0 Å². The van der Waals surface area contributed by atoms with Crippen LogP contribution >= 0.6 is 0 Å². The quantitative estimate of drug-likeness (QED) is 0.476. The van der Waals surface area contributed by atoms with E-state index in [0.717, 1.165) is 0 Å². The first-order chi connectivity index (χ1) is 11.4. The number of azide groups is 1. The summed E-state index contributed by atoms with van der Waals surface area (Å²) >= 11 is 0. The lowest BCUT2D eigenvalue weighted by molar-refractivity contribution is -0.156. The number of benzene rings is 2. The van der Waals surface area contributed by atoms with Crippen LogP contribution in [0.5, 0.6) is 0 Å². The number of nitrogens with zero attached hydrogens (tertiary/aromatic N) is 3. The SMILES string of the molecule is [N-]=[N+]=N[C@@](CC(F)(F)F)(C(=O)Nc1ccccc1)c1ccccc1. The van der Waals surface area contributed by atoms with Gasteiger partial charge in [0.25, 0.3) is 0 Å². The van der Waals surface area contributed by atoms with Gasteiger partial charge in [0.15, 0.2) is 5.54 Å². The van der Waals surface area contributed by atoms with Crippen molar-refractivity contribution in [3.05, 3.63) is 76.7 Å². The highest BCUT2D eigenvalue weighted by molar-refractivity contribution is 5.99. The maximum Gasteiger partial charge on any atom is 0.390 e. The highest BCUT2D eigenvalue weighted by atomic mass is 19.4. The van der Waals surface area contributed by atoms with Crippen LogP contribution in [-0.4, -0.2) is 12.1 Å². The fourth-order valence-electron chi connectivity index (χ4n) is 2.29. The number of carbonyl (C=O) groups is 1. The molecular formula is C16H13F3N4O. The molecule has 0 bridgehead atoms. The van der Waals surface area contributed by atoms with E-state index in [9.17, 15) is 18.0 Å². The minimum atomic E-state index is -4.71. The lowest BCUT2D eigenvalue weighted by Crippen LogP contribution is -2.42. The van der Waals surface area contributed by atoms with Crippen LogP contribution in [0.15, 0.2) is 65.8 Å². The number of carbonyl (C=O) groups excluding carboxylic acids is 1. The fourth-order valence-corrected chi connectivity index (χ4v) is 2.29. The Morgan fingerprint density at radius 3 is 2.08 bits per heavy atom. The van der Waals surface area contributed by atoms with Gasteiger partial charge in [0, 0.05) is 10.6 Å². The van der Waals surface area contributed by atoms with E-state index in [-0.39, 0.29) is 5.56 Å². The average molecular weight is 334 g/mol. The molecule has 1 N–H and O–H groups in total. The molecule has 8 heteroatoms. The number of anilines is 1. The van der Waals surface area contributed by atoms with Gasteiger partial charge in [-0.25, -0.2) is 0 Å². The second kappa shape index (κ2) is 7.06. The van der Waals surface area contributed by atoms with Crippen molar-refractivity contribution in [2.45, 2.75) is 18.1 Å². The Bertz CT molecular complexity index is 743. The summed E-state index contributed by atoms with van der Waals surface area (Å²) in [6.45, 7) is 0. The summed E-state index contributed by atoms with van der Waals surface area (Å²) in [5, 5.41) is 5.64. The van der Waals surface area contributed by atoms with E-state index >= 15 is 0 Å². The number of halogens is 3. The maximum atomic E-state index is 13.1. The average Bonchev–Trinajstić information content (AvgIpc) is 2.55. The zero-order valence-corrected chi connectivity index (χ0v) is 12.4. The molecule has 0 saturated carbocycles. The summed E-state index contributed by atoms with van der Waals surface area (Å²) in [6.07, 6.45) is -6.31. The van der Waals surface area contributed by atoms with Gasteiger partial charge in [-0.1, -0.05) is 53.6 Å². The van der Waals surface area contributed by atoms with Gasteiger partial charge < -0.3 is 5.32 Å². The largest absolute Gasteiger partial charge is 0.390 e. The smallest absolute Gasteiger partial charge is 0.325 e. The van der Waals surface area contributed by atoms with Crippen molar-refractivity contribution in [1.82, 2.24) is 0 Å². The summed E-state index contributed by atoms with van der Waals surface area (Å²) in [4.78, 5) is 15.1. The van der Waals surface area contributed by atoms with E-state index < -0.39 is 24.0 Å². The van der Waals surface area contributed by atoms with Gasteiger partial charge in [-0.3, -0.25) is 4.79 Å². The zero-order chi connectivity index (χ0) is 17.6. The van der Waals surface area contributed by atoms with Gasteiger partial charge in [0.2, 0.25) is 5.91 Å². The van der Waals surface area contributed by atoms with Crippen molar-refractivity contribution in [2.24, 2.45) is 5.11 Å². The third-order valence-electron chi connectivity index (χ3n) is 3.33. The van der Waals surface area contributed by atoms with Gasteiger partial charge in [0.05, 0.1) is 6.42 Å². The van der Waals surface area contributed by atoms with Gasteiger partial charge in [-0.05, 0) is 23.2 Å². The Labute approximate surface area is 135 Å². The second-order valence-corrected chi connectivity index (χ2v) is 5.03. The van der Waals surface area contributed by atoms with Crippen LogP contribution in [0.25, 0.3) is 10.4 Å². The Morgan fingerprint density at radius 1 is 1.04 bits per heavy atom. The molecule has 124 valence electrons. The number of hydrogen-bond donors (Lipinski definition) is 1. The molecule has 0 spiro atoms. The molecule has 0 saturated heterocycles. The van der Waals surface area contributed by atoms with Crippen molar-refractivity contribution < 1.29 is 18.0 Å². The van der Waals surface area contributed by atoms with Crippen molar-refractivity contribution in [3.63, 3.8) is 0 Å². The predicted octanol–water partition coefficient (Wildman–Crippen LogP) is 4.78. The molecular weight excluding hydrogens is 321 g/mol. The Morgan fingerprint density at radius 2 is 1.58 bits per heavy atom. The number of rotatable bonds is 5. The van der Waals surface area contributed by atoms with Crippen LogP contribution in [0.4, 0.5) is 18.9 Å². The number of hydrogen-bond acceptors (Lipinski definition) is 2. The van der Waals surface area contributed by atoms with Crippen LogP contribution in [-0.2, 0) is 10.3 Å². The van der Waals surface area contributed by atoms with Gasteiger partial charge in [0.1, 0.15) is 0 Å². The lowest BCUT2D eigenvalue weighted by Gasteiger charge is -2.29. The second-order valence-electron chi connectivity index (χ2n) is 5.03. The van der Waals surface area contributed by atoms with E-state index in [1.165, 1.54) is 36.4 Å². The summed E-state index contributed by atoms with van der Waals surface area (Å²) in [7, 11) is 0. The summed E-state index contributed by atoms with van der Waals surface area (Å²) in [6, 6.07) is 15.2. The highest BCUT2D eigenvalue weighted by Gasteiger charge is 2.48. The molecule has 2 aromatic carbocycles. The molecule has 1 atom stereocenters. The Balaban J connectivity index is 2.51. The highest BCUT2D eigenvalue weighted by Crippen LogP contribution is 2.39. The molecule has 0 unspecified atom stereocenters. The molecule has 2 aromatic rings. The number of para-hydroxylation sites is 1. The van der Waals surface area contributed by atoms with Crippen LogP contribution in [0.2, 0.25) is 0 Å². The summed E-state index contributed by atoms with van der Waals surface area (Å²) in [5.74, 6) is -1.05. The number of nitrogens with one attached hydrogen (secondary N) is 1. The van der Waals surface area contributed by atoms with E-state index in [1.807, 2.05) is 0 Å². The van der Waals surface area contributed by atoms with Gasteiger partial charge >= 0.3 is 6.18 Å². The molecule has 0 aromatic heterocycles. The number of amides is 1. The van der Waals surface area contributed by atoms with E-state index in [0.29, 0.717) is 5.69 Å². The minimum absolute atomic E-state index is 0.0337. The van der Waals surface area contributed by atoms with Crippen LogP contribution in [0.3, 0.4) is 0 Å². The molecule has 0 radical (unpaired) electrons. The predicted molar refractivity (Wildman–Crippen MR) is 83.0 cm³/mol.